The van der Waals surface area contributed by atoms with E-state index in [-0.39, 0.29) is 0 Å². The number of halogens is 3. The Morgan fingerprint density at radius 3 is 2.37 bits per heavy atom. The van der Waals surface area contributed by atoms with Gasteiger partial charge in [0.05, 0.1) is 5.56 Å². The average molecular weight is 384 g/mol. The van der Waals surface area contributed by atoms with Gasteiger partial charge in [-0.2, -0.15) is 13.2 Å². The Labute approximate surface area is 158 Å². The summed E-state index contributed by atoms with van der Waals surface area (Å²) < 4.78 is 40.0. The fourth-order valence-corrected chi connectivity index (χ4v) is 3.71. The molecule has 0 aliphatic heterocycles. The Hall–Kier alpha value is -2.73. The van der Waals surface area contributed by atoms with Gasteiger partial charge < -0.3 is 4.57 Å². The third kappa shape index (κ3) is 3.85. The summed E-state index contributed by atoms with van der Waals surface area (Å²) in [5.74, 6) is 0.855. The van der Waals surface area contributed by atoms with Crippen LogP contribution in [0.2, 0.25) is 0 Å². The molecule has 0 bridgehead atoms. The van der Waals surface area contributed by atoms with Crippen LogP contribution in [0, 0.1) is 0 Å². The molecule has 27 heavy (non-hydrogen) atoms. The van der Waals surface area contributed by atoms with Crippen molar-refractivity contribution in [3.63, 3.8) is 0 Å². The van der Waals surface area contributed by atoms with E-state index in [2.05, 4.69) is 23.2 Å². The SMILES string of the molecule is FC(F)(F)c1ccc(-n2ccc3cc(SCc4ccccc4)cnc32)cc1. The molecule has 136 valence electrons. The summed E-state index contributed by atoms with van der Waals surface area (Å²) in [4.78, 5) is 5.57. The third-order valence-corrected chi connectivity index (χ3v) is 5.26. The molecule has 2 aromatic carbocycles. The Bertz CT molecular complexity index is 1050. The van der Waals surface area contributed by atoms with Gasteiger partial charge in [0.25, 0.3) is 0 Å². The number of alkyl halides is 3. The zero-order valence-electron chi connectivity index (χ0n) is 14.1. The minimum absolute atomic E-state index is 0.648. The number of fused-ring (bicyclic) bond motifs is 1. The van der Waals surface area contributed by atoms with E-state index >= 15 is 0 Å². The van der Waals surface area contributed by atoms with Gasteiger partial charge in [-0.3, -0.25) is 0 Å². The fourth-order valence-electron chi connectivity index (χ4n) is 2.84. The van der Waals surface area contributed by atoms with Crippen molar-refractivity contribution in [1.82, 2.24) is 9.55 Å². The molecular formula is C21H15F3N2S. The highest BCUT2D eigenvalue weighted by atomic mass is 32.2. The number of pyridine rings is 1. The summed E-state index contributed by atoms with van der Waals surface area (Å²) in [5, 5.41) is 0.952. The number of thioether (sulfide) groups is 1. The fraction of sp³-hybridized carbons (Fsp3) is 0.0952. The highest BCUT2D eigenvalue weighted by molar-refractivity contribution is 7.98. The van der Waals surface area contributed by atoms with Crippen molar-refractivity contribution < 1.29 is 13.2 Å². The van der Waals surface area contributed by atoms with Gasteiger partial charge in [0, 0.05) is 34.1 Å². The summed E-state index contributed by atoms with van der Waals surface area (Å²) in [6.07, 6.45) is -0.706. The first-order chi connectivity index (χ1) is 13.0. The maximum Gasteiger partial charge on any atom is 0.416 e. The van der Waals surface area contributed by atoms with Crippen molar-refractivity contribution >= 4 is 22.8 Å². The molecule has 2 aromatic heterocycles. The molecule has 2 heterocycles. The summed E-state index contributed by atoms with van der Waals surface area (Å²) in [6, 6.07) is 19.3. The standard InChI is InChI=1S/C21H15F3N2S/c22-21(23,24)17-6-8-18(9-7-17)26-11-10-16-12-19(13-25-20(16)26)27-14-15-4-2-1-3-5-15/h1-13H,14H2. The summed E-state index contributed by atoms with van der Waals surface area (Å²) in [7, 11) is 0. The quantitative estimate of drug-likeness (QED) is 0.382. The van der Waals surface area contributed by atoms with Gasteiger partial charge in [-0.1, -0.05) is 30.3 Å². The monoisotopic (exact) mass is 384 g/mol. The number of hydrogen-bond donors (Lipinski definition) is 0. The van der Waals surface area contributed by atoms with E-state index in [1.54, 1.807) is 22.5 Å². The van der Waals surface area contributed by atoms with E-state index in [4.69, 9.17) is 0 Å². The van der Waals surface area contributed by atoms with E-state index < -0.39 is 11.7 Å². The van der Waals surface area contributed by atoms with Gasteiger partial charge in [-0.05, 0) is 42.0 Å². The molecule has 0 atom stereocenters. The van der Waals surface area contributed by atoms with Crippen molar-refractivity contribution in [2.45, 2.75) is 16.8 Å². The van der Waals surface area contributed by atoms with Gasteiger partial charge in [-0.25, -0.2) is 4.98 Å². The van der Waals surface area contributed by atoms with Crippen molar-refractivity contribution in [3.8, 4) is 5.69 Å². The van der Waals surface area contributed by atoms with Gasteiger partial charge in [0.1, 0.15) is 5.65 Å². The molecular weight excluding hydrogens is 369 g/mol. The van der Waals surface area contributed by atoms with E-state index in [0.717, 1.165) is 33.8 Å². The lowest BCUT2D eigenvalue weighted by Gasteiger charge is -2.09. The molecule has 0 saturated carbocycles. The van der Waals surface area contributed by atoms with Gasteiger partial charge in [-0.15, -0.1) is 11.8 Å². The molecule has 4 rings (SSSR count). The minimum Gasteiger partial charge on any atom is -0.301 e. The van der Waals surface area contributed by atoms with Crippen LogP contribution in [-0.4, -0.2) is 9.55 Å². The topological polar surface area (TPSA) is 17.8 Å². The van der Waals surface area contributed by atoms with Crippen molar-refractivity contribution in [2.24, 2.45) is 0 Å². The lowest BCUT2D eigenvalue weighted by molar-refractivity contribution is -0.137. The smallest absolute Gasteiger partial charge is 0.301 e. The first-order valence-corrected chi connectivity index (χ1v) is 9.31. The molecule has 0 radical (unpaired) electrons. The maximum absolute atomic E-state index is 12.7. The van der Waals surface area contributed by atoms with Crippen molar-refractivity contribution in [2.75, 3.05) is 0 Å². The molecule has 2 nitrogen and oxygen atoms in total. The second kappa shape index (κ2) is 7.12. The lowest BCUT2D eigenvalue weighted by atomic mass is 10.2. The van der Waals surface area contributed by atoms with E-state index in [9.17, 15) is 13.2 Å². The number of rotatable bonds is 4. The van der Waals surface area contributed by atoms with Crippen LogP contribution in [0.4, 0.5) is 13.2 Å². The second-order valence-corrected chi connectivity index (χ2v) is 7.14. The third-order valence-electron chi connectivity index (χ3n) is 4.22. The summed E-state index contributed by atoms with van der Waals surface area (Å²) >= 11 is 1.70. The van der Waals surface area contributed by atoms with Crippen LogP contribution in [0.1, 0.15) is 11.1 Å². The van der Waals surface area contributed by atoms with Gasteiger partial charge in [0.2, 0.25) is 0 Å². The zero-order chi connectivity index (χ0) is 18.9. The summed E-state index contributed by atoms with van der Waals surface area (Å²) in [5.41, 5.74) is 1.95. The lowest BCUT2D eigenvalue weighted by Crippen LogP contribution is -2.05. The molecule has 0 aliphatic carbocycles. The number of hydrogen-bond acceptors (Lipinski definition) is 2. The Balaban J connectivity index is 1.57. The van der Waals surface area contributed by atoms with Crippen LogP contribution >= 0.6 is 11.8 Å². The first-order valence-electron chi connectivity index (χ1n) is 8.32. The number of nitrogens with zero attached hydrogens (tertiary/aromatic N) is 2. The molecule has 0 unspecified atom stereocenters. The predicted molar refractivity (Wildman–Crippen MR) is 102 cm³/mol. The molecule has 0 spiro atoms. The molecule has 4 aromatic rings. The molecule has 0 amide bonds. The number of aromatic nitrogens is 2. The first kappa shape index (κ1) is 17.7. The number of benzene rings is 2. The van der Waals surface area contributed by atoms with Crippen LogP contribution in [0.25, 0.3) is 16.7 Å². The van der Waals surface area contributed by atoms with Crippen LogP contribution in [0.5, 0.6) is 0 Å². The Morgan fingerprint density at radius 2 is 1.67 bits per heavy atom. The Morgan fingerprint density at radius 1 is 0.926 bits per heavy atom. The Kier molecular flexibility index (Phi) is 4.66. The van der Waals surface area contributed by atoms with Gasteiger partial charge >= 0.3 is 6.18 Å². The molecule has 0 saturated heterocycles. The molecule has 0 fully saturated rings. The maximum atomic E-state index is 12.7. The van der Waals surface area contributed by atoms with E-state index in [0.29, 0.717) is 5.69 Å². The molecule has 0 aliphatic rings. The highest BCUT2D eigenvalue weighted by Gasteiger charge is 2.30. The minimum atomic E-state index is -4.33. The largest absolute Gasteiger partial charge is 0.416 e. The predicted octanol–water partition coefficient (Wildman–Crippen LogP) is 6.34. The van der Waals surface area contributed by atoms with E-state index in [1.807, 2.05) is 30.5 Å². The second-order valence-electron chi connectivity index (χ2n) is 6.09. The highest BCUT2D eigenvalue weighted by Crippen LogP contribution is 2.31. The average Bonchev–Trinajstić information content (AvgIpc) is 3.10. The summed E-state index contributed by atoms with van der Waals surface area (Å²) in [6.45, 7) is 0. The van der Waals surface area contributed by atoms with Gasteiger partial charge in [0.15, 0.2) is 0 Å². The molecule has 6 heteroatoms. The van der Waals surface area contributed by atoms with Crippen LogP contribution in [0.15, 0.2) is 84.0 Å². The molecule has 0 N–H and O–H groups in total. The van der Waals surface area contributed by atoms with Crippen molar-refractivity contribution in [3.05, 3.63) is 90.3 Å². The zero-order valence-corrected chi connectivity index (χ0v) is 15.0. The van der Waals surface area contributed by atoms with E-state index in [1.165, 1.54) is 17.7 Å². The van der Waals surface area contributed by atoms with Crippen molar-refractivity contribution in [1.29, 1.82) is 0 Å². The van der Waals surface area contributed by atoms with Crippen LogP contribution < -0.4 is 0 Å². The van der Waals surface area contributed by atoms with Crippen LogP contribution in [-0.2, 0) is 11.9 Å². The van der Waals surface area contributed by atoms with Crippen LogP contribution in [0.3, 0.4) is 0 Å². The normalized spacial score (nSPS) is 11.8.